The molecule has 1 aromatic heterocycles. The van der Waals surface area contributed by atoms with Gasteiger partial charge in [-0.2, -0.15) is 0 Å². The Balaban J connectivity index is 1.63. The first-order chi connectivity index (χ1) is 10.8. The summed E-state index contributed by atoms with van der Waals surface area (Å²) < 4.78 is 0. The smallest absolute Gasteiger partial charge is 0.314 e. The number of nitrogens with zero attached hydrogens (tertiary/aromatic N) is 1. The van der Waals surface area contributed by atoms with Crippen LogP contribution in [0, 0.1) is 5.92 Å². The second-order valence-electron chi connectivity index (χ2n) is 5.72. The van der Waals surface area contributed by atoms with Crippen LogP contribution in [0.25, 0.3) is 0 Å². The van der Waals surface area contributed by atoms with E-state index in [9.17, 15) is 9.90 Å². The molecule has 120 valence electrons. The van der Waals surface area contributed by atoms with Crippen LogP contribution in [-0.4, -0.2) is 35.8 Å². The summed E-state index contributed by atoms with van der Waals surface area (Å²) in [5, 5.41) is 15.1. The van der Waals surface area contributed by atoms with Gasteiger partial charge in [-0.05, 0) is 44.2 Å². The molecule has 5 heteroatoms. The van der Waals surface area contributed by atoms with Crippen LogP contribution in [-0.2, 0) is 6.42 Å². The average Bonchev–Trinajstić information content (AvgIpc) is 3.05. The van der Waals surface area contributed by atoms with Crippen molar-refractivity contribution in [1.29, 1.82) is 0 Å². The normalized spacial score (nSPS) is 15.2. The summed E-state index contributed by atoms with van der Waals surface area (Å²) in [7, 11) is 0. The van der Waals surface area contributed by atoms with E-state index >= 15 is 0 Å². The lowest BCUT2D eigenvalue weighted by Crippen LogP contribution is -2.39. The van der Waals surface area contributed by atoms with Crippen LogP contribution < -0.4 is 10.6 Å². The Bertz CT molecular complexity index is 488. The number of hydrogen-bond donors (Lipinski definition) is 3. The van der Waals surface area contributed by atoms with Crippen molar-refractivity contribution >= 4 is 6.03 Å². The molecule has 0 aromatic carbocycles. The van der Waals surface area contributed by atoms with E-state index in [2.05, 4.69) is 21.7 Å². The molecule has 1 aliphatic rings. The lowest BCUT2D eigenvalue weighted by Gasteiger charge is -2.15. The number of carbonyl (C=O) groups is 1. The summed E-state index contributed by atoms with van der Waals surface area (Å²) in [6.07, 6.45) is 9.19. The van der Waals surface area contributed by atoms with Crippen LogP contribution in [0.5, 0.6) is 0 Å². The van der Waals surface area contributed by atoms with Crippen LogP contribution >= 0.6 is 0 Å². The number of aliphatic hydroxyl groups excluding tert-OH is 1. The number of carbonyl (C=O) groups excluding carboxylic acids is 1. The maximum absolute atomic E-state index is 11.8. The molecule has 1 aliphatic carbocycles. The topological polar surface area (TPSA) is 74.2 Å². The van der Waals surface area contributed by atoms with E-state index in [1.807, 2.05) is 18.2 Å². The monoisotopic (exact) mass is 303 g/mol. The standard InChI is InChI=1S/C17H25N3O2/c21-13-15(11-16-7-3-4-9-18-16)12-20-17(22)19-10-8-14-5-1-2-6-14/h3-5,7,9,15,21H,1-2,6,8,10-13H2,(H2,19,20,22). The van der Waals surface area contributed by atoms with Crippen molar-refractivity contribution in [1.82, 2.24) is 15.6 Å². The summed E-state index contributed by atoms with van der Waals surface area (Å²) in [5.74, 6) is -0.0156. The Hall–Kier alpha value is -1.88. The van der Waals surface area contributed by atoms with Gasteiger partial charge < -0.3 is 15.7 Å². The fourth-order valence-electron chi connectivity index (χ4n) is 2.62. The minimum Gasteiger partial charge on any atom is -0.396 e. The van der Waals surface area contributed by atoms with Gasteiger partial charge in [-0.25, -0.2) is 4.79 Å². The molecule has 0 saturated heterocycles. The average molecular weight is 303 g/mol. The third-order valence-electron chi connectivity index (χ3n) is 3.90. The zero-order chi connectivity index (χ0) is 15.6. The first-order valence-electron chi connectivity index (χ1n) is 7.98. The maximum Gasteiger partial charge on any atom is 0.314 e. The Kier molecular flexibility index (Phi) is 6.90. The van der Waals surface area contributed by atoms with Crippen molar-refractivity contribution in [3.05, 3.63) is 41.7 Å². The van der Waals surface area contributed by atoms with Crippen molar-refractivity contribution in [3.8, 4) is 0 Å². The highest BCUT2D eigenvalue weighted by molar-refractivity contribution is 5.73. The van der Waals surface area contributed by atoms with E-state index in [1.165, 1.54) is 24.8 Å². The van der Waals surface area contributed by atoms with E-state index in [1.54, 1.807) is 6.20 Å². The number of nitrogens with one attached hydrogen (secondary N) is 2. The van der Waals surface area contributed by atoms with Crippen LogP contribution in [0.3, 0.4) is 0 Å². The Morgan fingerprint density at radius 1 is 1.36 bits per heavy atom. The lowest BCUT2D eigenvalue weighted by molar-refractivity contribution is 0.213. The van der Waals surface area contributed by atoms with Crippen LogP contribution in [0.15, 0.2) is 36.0 Å². The van der Waals surface area contributed by atoms with Gasteiger partial charge in [0.2, 0.25) is 0 Å². The zero-order valence-corrected chi connectivity index (χ0v) is 12.9. The highest BCUT2D eigenvalue weighted by Crippen LogP contribution is 2.19. The molecule has 0 radical (unpaired) electrons. The van der Waals surface area contributed by atoms with Gasteiger partial charge >= 0.3 is 6.03 Å². The van der Waals surface area contributed by atoms with Crippen LogP contribution in [0.2, 0.25) is 0 Å². The number of urea groups is 1. The van der Waals surface area contributed by atoms with Crippen molar-refractivity contribution in [2.75, 3.05) is 19.7 Å². The summed E-state index contributed by atoms with van der Waals surface area (Å²) >= 11 is 0. The summed E-state index contributed by atoms with van der Waals surface area (Å²) in [5.41, 5.74) is 2.38. The molecule has 1 aromatic rings. The molecule has 3 N–H and O–H groups in total. The second-order valence-corrected chi connectivity index (χ2v) is 5.72. The fourth-order valence-corrected chi connectivity index (χ4v) is 2.62. The quantitative estimate of drug-likeness (QED) is 0.643. The third-order valence-corrected chi connectivity index (χ3v) is 3.90. The Labute approximate surface area is 131 Å². The largest absolute Gasteiger partial charge is 0.396 e. The number of allylic oxidation sites excluding steroid dienone is 1. The van der Waals surface area contributed by atoms with Crippen LogP contribution in [0.4, 0.5) is 4.79 Å². The molecule has 0 aliphatic heterocycles. The Morgan fingerprint density at radius 3 is 2.95 bits per heavy atom. The number of hydrogen-bond acceptors (Lipinski definition) is 3. The van der Waals surface area contributed by atoms with Gasteiger partial charge in [0.1, 0.15) is 0 Å². The molecule has 2 rings (SSSR count). The molecule has 0 spiro atoms. The molecule has 1 heterocycles. The minimum absolute atomic E-state index is 0.0156. The zero-order valence-electron chi connectivity index (χ0n) is 12.9. The van der Waals surface area contributed by atoms with Gasteiger partial charge in [-0.1, -0.05) is 17.7 Å². The predicted octanol–water partition coefficient (Wildman–Crippen LogP) is 2.03. The second kappa shape index (κ2) is 9.20. The lowest BCUT2D eigenvalue weighted by atomic mass is 10.0. The van der Waals surface area contributed by atoms with Crippen molar-refractivity contribution in [2.24, 2.45) is 5.92 Å². The first-order valence-corrected chi connectivity index (χ1v) is 7.98. The van der Waals surface area contributed by atoms with Gasteiger partial charge in [-0.15, -0.1) is 0 Å². The summed E-state index contributed by atoms with van der Waals surface area (Å²) in [6.45, 7) is 1.15. The molecule has 1 unspecified atom stereocenters. The van der Waals surface area contributed by atoms with Gasteiger partial charge in [0.05, 0.1) is 0 Å². The number of rotatable bonds is 8. The molecule has 2 amide bonds. The predicted molar refractivity (Wildman–Crippen MR) is 86.5 cm³/mol. The molecule has 0 fully saturated rings. The number of amides is 2. The number of aromatic nitrogens is 1. The van der Waals surface area contributed by atoms with Gasteiger partial charge in [0, 0.05) is 37.5 Å². The molecular weight excluding hydrogens is 278 g/mol. The summed E-state index contributed by atoms with van der Waals surface area (Å²) in [6, 6.07) is 5.55. The van der Waals surface area contributed by atoms with E-state index in [-0.39, 0.29) is 18.6 Å². The molecule has 22 heavy (non-hydrogen) atoms. The fraction of sp³-hybridized carbons (Fsp3) is 0.529. The molecule has 5 nitrogen and oxygen atoms in total. The van der Waals surface area contributed by atoms with Crippen molar-refractivity contribution in [2.45, 2.75) is 32.1 Å². The molecular formula is C17H25N3O2. The number of pyridine rings is 1. The van der Waals surface area contributed by atoms with E-state index in [4.69, 9.17) is 0 Å². The van der Waals surface area contributed by atoms with Crippen molar-refractivity contribution in [3.63, 3.8) is 0 Å². The van der Waals surface area contributed by atoms with Gasteiger partial charge in [-0.3, -0.25) is 4.98 Å². The molecule has 1 atom stereocenters. The van der Waals surface area contributed by atoms with Crippen molar-refractivity contribution < 1.29 is 9.90 Å². The highest BCUT2D eigenvalue weighted by atomic mass is 16.3. The first kappa shape index (κ1) is 16.5. The van der Waals surface area contributed by atoms with Crippen LogP contribution in [0.1, 0.15) is 31.4 Å². The molecule has 0 saturated carbocycles. The Morgan fingerprint density at radius 2 is 2.27 bits per heavy atom. The van der Waals surface area contributed by atoms with E-state index < -0.39 is 0 Å². The van der Waals surface area contributed by atoms with E-state index in [0.29, 0.717) is 19.5 Å². The number of aliphatic hydroxyl groups is 1. The highest BCUT2D eigenvalue weighted by Gasteiger charge is 2.11. The minimum atomic E-state index is -0.168. The summed E-state index contributed by atoms with van der Waals surface area (Å²) in [4.78, 5) is 16.0. The molecule has 0 bridgehead atoms. The SMILES string of the molecule is O=C(NCCC1=CCCC1)NCC(CO)Cc1ccccn1. The van der Waals surface area contributed by atoms with Gasteiger partial charge in [0.25, 0.3) is 0 Å². The third kappa shape index (κ3) is 5.85. The maximum atomic E-state index is 11.8. The van der Waals surface area contributed by atoms with Gasteiger partial charge in [0.15, 0.2) is 0 Å². The van der Waals surface area contributed by atoms with E-state index in [0.717, 1.165) is 12.1 Å².